The molecule has 2 rings (SSSR count). The number of aromatic nitrogens is 3. The molecule has 0 amide bonds. The third-order valence-electron chi connectivity index (χ3n) is 2.94. The van der Waals surface area contributed by atoms with Crippen molar-refractivity contribution in [2.75, 3.05) is 19.5 Å². The van der Waals surface area contributed by atoms with Crippen molar-refractivity contribution in [2.24, 2.45) is 0 Å². The molecule has 6 heteroatoms. The van der Waals surface area contributed by atoms with Crippen molar-refractivity contribution in [1.82, 2.24) is 15.0 Å². The van der Waals surface area contributed by atoms with Crippen LogP contribution in [-0.2, 0) is 16.0 Å². The van der Waals surface area contributed by atoms with Crippen LogP contribution in [0, 0.1) is 0 Å². The van der Waals surface area contributed by atoms with Gasteiger partial charge in [0.05, 0.1) is 12.7 Å². The Bertz CT molecular complexity index is 536. The molecule has 0 aliphatic rings. The van der Waals surface area contributed by atoms with Gasteiger partial charge in [-0.1, -0.05) is 17.3 Å². The maximum absolute atomic E-state index is 5.52. The summed E-state index contributed by atoms with van der Waals surface area (Å²) in [5.41, 5.74) is 1.90. The third kappa shape index (κ3) is 4.56. The lowest BCUT2D eigenvalue weighted by Crippen LogP contribution is -2.09. The smallest absolute Gasteiger partial charge is 0.204 e. The summed E-state index contributed by atoms with van der Waals surface area (Å²) in [4.78, 5) is 1.26. The summed E-state index contributed by atoms with van der Waals surface area (Å²) in [6.07, 6.45) is 3.51. The fourth-order valence-electron chi connectivity index (χ4n) is 1.94. The molecule has 0 fully saturated rings. The van der Waals surface area contributed by atoms with Gasteiger partial charge < -0.3 is 9.47 Å². The highest BCUT2D eigenvalue weighted by atomic mass is 32.2. The Hall–Kier alpha value is -1.37. The number of nitrogens with zero attached hydrogens (tertiary/aromatic N) is 3. The fourth-order valence-corrected chi connectivity index (χ4v) is 2.35. The Kier molecular flexibility index (Phi) is 6.22. The zero-order valence-corrected chi connectivity index (χ0v) is 13.5. The summed E-state index contributed by atoms with van der Waals surface area (Å²) in [5, 5.41) is 8.28. The summed E-state index contributed by atoms with van der Waals surface area (Å²) in [5.74, 6) is 0. The molecule has 0 saturated carbocycles. The predicted octanol–water partition coefficient (Wildman–Crippen LogP) is 3.12. The first-order valence-electron chi connectivity index (χ1n) is 7.03. The molecule has 5 nitrogen and oxygen atoms in total. The van der Waals surface area contributed by atoms with Gasteiger partial charge >= 0.3 is 0 Å². The van der Waals surface area contributed by atoms with E-state index in [-0.39, 0.29) is 0 Å². The van der Waals surface area contributed by atoms with Crippen LogP contribution >= 0.6 is 11.8 Å². The lowest BCUT2D eigenvalue weighted by Gasteiger charge is -2.13. The molecule has 0 saturated heterocycles. The number of hydrogen-bond acceptors (Lipinski definition) is 5. The normalized spacial score (nSPS) is 11.2. The van der Waals surface area contributed by atoms with Crippen LogP contribution in [-0.4, -0.2) is 34.5 Å². The minimum absolute atomic E-state index is 0.437. The van der Waals surface area contributed by atoms with Crippen LogP contribution in [0.4, 0.5) is 0 Å². The Morgan fingerprint density at radius 3 is 2.38 bits per heavy atom. The van der Waals surface area contributed by atoms with Crippen LogP contribution in [0.3, 0.4) is 0 Å². The molecule has 0 N–H and O–H groups in total. The molecule has 1 aromatic heterocycles. The molecule has 0 atom stereocenters. The second-order valence-corrected chi connectivity index (χ2v) is 5.31. The predicted molar refractivity (Wildman–Crippen MR) is 83.3 cm³/mol. The lowest BCUT2D eigenvalue weighted by atomic mass is 10.2. The molecule has 0 aliphatic carbocycles. The standard InChI is InChI=1S/C15H21N3O2S/c1-4-19-15(20-5-2)14-11-18(17-16-14)10-12-6-8-13(21-3)9-7-12/h6-9,11,15H,4-5,10H2,1-3H3. The van der Waals surface area contributed by atoms with E-state index in [0.29, 0.717) is 25.5 Å². The molecule has 21 heavy (non-hydrogen) atoms. The monoisotopic (exact) mass is 307 g/mol. The molecule has 0 spiro atoms. The average molecular weight is 307 g/mol. The summed E-state index contributed by atoms with van der Waals surface area (Å²) in [6.45, 7) is 5.71. The second-order valence-electron chi connectivity index (χ2n) is 4.43. The van der Waals surface area contributed by atoms with Gasteiger partial charge in [0.15, 0.2) is 0 Å². The molecular weight excluding hydrogens is 286 g/mol. The van der Waals surface area contributed by atoms with E-state index in [0.717, 1.165) is 0 Å². The van der Waals surface area contributed by atoms with Gasteiger partial charge in [0.25, 0.3) is 0 Å². The number of rotatable bonds is 8. The number of hydrogen-bond donors (Lipinski definition) is 0. The highest BCUT2D eigenvalue weighted by molar-refractivity contribution is 7.98. The van der Waals surface area contributed by atoms with E-state index in [2.05, 4.69) is 40.8 Å². The Morgan fingerprint density at radius 2 is 1.81 bits per heavy atom. The SMILES string of the molecule is CCOC(OCC)c1cn(Cc2ccc(SC)cc2)nn1. The maximum atomic E-state index is 5.52. The van der Waals surface area contributed by atoms with Crippen molar-refractivity contribution >= 4 is 11.8 Å². The van der Waals surface area contributed by atoms with Crippen molar-refractivity contribution in [3.63, 3.8) is 0 Å². The van der Waals surface area contributed by atoms with Crippen molar-refractivity contribution in [1.29, 1.82) is 0 Å². The summed E-state index contributed by atoms with van der Waals surface area (Å²) in [7, 11) is 0. The largest absolute Gasteiger partial charge is 0.347 e. The van der Waals surface area contributed by atoms with E-state index in [1.807, 2.05) is 20.0 Å². The van der Waals surface area contributed by atoms with Crippen LogP contribution in [0.1, 0.15) is 31.4 Å². The minimum atomic E-state index is -0.437. The van der Waals surface area contributed by atoms with Crippen LogP contribution in [0.15, 0.2) is 35.4 Å². The average Bonchev–Trinajstić information content (AvgIpc) is 2.96. The van der Waals surface area contributed by atoms with Gasteiger partial charge in [0.1, 0.15) is 5.69 Å². The quantitative estimate of drug-likeness (QED) is 0.554. The molecule has 1 aromatic carbocycles. The van der Waals surface area contributed by atoms with Gasteiger partial charge in [-0.2, -0.15) is 0 Å². The van der Waals surface area contributed by atoms with Gasteiger partial charge in [0.2, 0.25) is 6.29 Å². The van der Waals surface area contributed by atoms with Crippen LogP contribution in [0.5, 0.6) is 0 Å². The first-order valence-corrected chi connectivity index (χ1v) is 8.25. The summed E-state index contributed by atoms with van der Waals surface area (Å²) in [6, 6.07) is 8.44. The highest BCUT2D eigenvalue weighted by Crippen LogP contribution is 2.17. The van der Waals surface area contributed by atoms with Gasteiger partial charge in [-0.05, 0) is 37.8 Å². The van der Waals surface area contributed by atoms with Gasteiger partial charge in [-0.25, -0.2) is 4.68 Å². The molecule has 0 radical (unpaired) electrons. The number of benzene rings is 1. The topological polar surface area (TPSA) is 49.2 Å². The highest BCUT2D eigenvalue weighted by Gasteiger charge is 2.15. The zero-order chi connectivity index (χ0) is 15.1. The third-order valence-corrected chi connectivity index (χ3v) is 3.68. The molecule has 2 aromatic rings. The molecule has 0 bridgehead atoms. The molecule has 114 valence electrons. The number of thioether (sulfide) groups is 1. The van der Waals surface area contributed by atoms with Gasteiger partial charge in [-0.3, -0.25) is 0 Å². The minimum Gasteiger partial charge on any atom is -0.347 e. The maximum Gasteiger partial charge on any atom is 0.204 e. The fraction of sp³-hybridized carbons (Fsp3) is 0.467. The van der Waals surface area contributed by atoms with Crippen molar-refractivity contribution in [3.05, 3.63) is 41.7 Å². The Labute approximate surface area is 129 Å². The van der Waals surface area contributed by atoms with E-state index in [1.54, 1.807) is 16.4 Å². The molecule has 0 aliphatic heterocycles. The van der Waals surface area contributed by atoms with Gasteiger partial charge in [0, 0.05) is 18.1 Å². The molecular formula is C15H21N3O2S. The van der Waals surface area contributed by atoms with Crippen molar-refractivity contribution in [3.8, 4) is 0 Å². The van der Waals surface area contributed by atoms with Crippen LogP contribution in [0.2, 0.25) is 0 Å². The van der Waals surface area contributed by atoms with Crippen molar-refractivity contribution in [2.45, 2.75) is 31.6 Å². The summed E-state index contributed by atoms with van der Waals surface area (Å²) >= 11 is 1.73. The van der Waals surface area contributed by atoms with E-state index < -0.39 is 6.29 Å². The Balaban J connectivity index is 2.04. The van der Waals surface area contributed by atoms with E-state index in [1.165, 1.54) is 10.5 Å². The second kappa shape index (κ2) is 8.17. The van der Waals surface area contributed by atoms with Gasteiger partial charge in [-0.15, -0.1) is 16.9 Å². The van der Waals surface area contributed by atoms with E-state index in [9.17, 15) is 0 Å². The molecule has 0 unspecified atom stereocenters. The number of ether oxygens (including phenoxy) is 2. The van der Waals surface area contributed by atoms with E-state index in [4.69, 9.17) is 9.47 Å². The first kappa shape index (κ1) is 16.0. The van der Waals surface area contributed by atoms with Crippen LogP contribution < -0.4 is 0 Å². The van der Waals surface area contributed by atoms with Crippen LogP contribution in [0.25, 0.3) is 0 Å². The van der Waals surface area contributed by atoms with E-state index >= 15 is 0 Å². The molecule has 1 heterocycles. The Morgan fingerprint density at radius 1 is 1.14 bits per heavy atom. The van der Waals surface area contributed by atoms with Crippen molar-refractivity contribution < 1.29 is 9.47 Å². The summed E-state index contributed by atoms with van der Waals surface area (Å²) < 4.78 is 12.8. The first-order chi connectivity index (χ1) is 10.3. The zero-order valence-electron chi connectivity index (χ0n) is 12.7. The lowest BCUT2D eigenvalue weighted by molar-refractivity contribution is -0.142.